The fourth-order valence-corrected chi connectivity index (χ4v) is 4.05. The quantitative estimate of drug-likeness (QED) is 0.0860. The van der Waals surface area contributed by atoms with Gasteiger partial charge >= 0.3 is 5.97 Å². The summed E-state index contributed by atoms with van der Waals surface area (Å²) in [4.78, 5) is 34.5. The standard InChI is InChI=1S/C16H22O.C9H17NO.C6H11NO5/c17-16-12-11-15(13-16)10-6-2-5-9-14-7-3-1-4-8-14;1-3-5-6-7-8-9(11)10-4-2;8-6(9)4-2-1-3-5-12-7(10)11/h1,3-4,6-8,10,15-17H,2,5,9,11-13H2;3,5H,4,6-8H2,1-2H3,(H,10,11);1-5H2,(H,8,9)/b10-6+;5-3-;. The highest BCUT2D eigenvalue weighted by molar-refractivity contribution is 5.75. The Morgan fingerprint density at radius 2 is 1.77 bits per heavy atom. The van der Waals surface area contributed by atoms with E-state index < -0.39 is 11.1 Å². The summed E-state index contributed by atoms with van der Waals surface area (Å²) >= 11 is 0. The third kappa shape index (κ3) is 25.1. The second-order valence-corrected chi connectivity index (χ2v) is 9.71. The number of allylic oxidation sites excluding steroid dienone is 4. The SMILES string of the molecule is C/C=C\CCCC(=O)NCC.O=C(O)CCCCCO[N+](=O)[O-].OC1CCC(/C=C/CCCc2ccccc2)C1. The molecular formula is C31H50N2O7. The van der Waals surface area contributed by atoms with Crippen LogP contribution in [0.4, 0.5) is 0 Å². The van der Waals surface area contributed by atoms with Gasteiger partial charge in [0.25, 0.3) is 5.09 Å². The molecule has 0 bridgehead atoms. The van der Waals surface area contributed by atoms with Crippen molar-refractivity contribution in [2.24, 2.45) is 5.92 Å². The van der Waals surface area contributed by atoms with Crippen LogP contribution < -0.4 is 5.32 Å². The lowest BCUT2D eigenvalue weighted by molar-refractivity contribution is -0.757. The molecule has 9 nitrogen and oxygen atoms in total. The molecule has 9 heteroatoms. The fourth-order valence-electron chi connectivity index (χ4n) is 4.05. The molecule has 0 saturated heterocycles. The van der Waals surface area contributed by atoms with Crippen LogP contribution in [0.3, 0.4) is 0 Å². The average Bonchev–Trinajstić information content (AvgIpc) is 3.34. The van der Waals surface area contributed by atoms with E-state index in [9.17, 15) is 24.8 Å². The predicted molar refractivity (Wildman–Crippen MR) is 158 cm³/mol. The molecule has 1 aromatic rings. The van der Waals surface area contributed by atoms with Crippen LogP contribution >= 0.6 is 0 Å². The highest BCUT2D eigenvalue weighted by atomic mass is 16.9. The second-order valence-electron chi connectivity index (χ2n) is 9.71. The number of aliphatic carboxylic acids is 1. The smallest absolute Gasteiger partial charge is 0.303 e. The van der Waals surface area contributed by atoms with Crippen molar-refractivity contribution in [2.75, 3.05) is 13.2 Å². The Balaban J connectivity index is 0.000000593. The number of aryl methyl sites for hydroxylation is 1. The number of rotatable bonds is 17. The first kappa shape index (κ1) is 36.8. The van der Waals surface area contributed by atoms with Crippen molar-refractivity contribution >= 4 is 11.9 Å². The molecule has 2 rings (SSSR count). The minimum atomic E-state index is -0.850. The minimum Gasteiger partial charge on any atom is -0.481 e. The third-order valence-corrected chi connectivity index (χ3v) is 6.15. The van der Waals surface area contributed by atoms with Gasteiger partial charge in [0.2, 0.25) is 5.91 Å². The number of aliphatic hydroxyl groups excluding tert-OH is 1. The molecule has 40 heavy (non-hydrogen) atoms. The first-order valence-corrected chi connectivity index (χ1v) is 14.5. The van der Waals surface area contributed by atoms with Crippen LogP contribution in [0.1, 0.15) is 96.5 Å². The number of nitrogens with one attached hydrogen (secondary N) is 1. The Hall–Kier alpha value is -3.20. The van der Waals surface area contributed by atoms with E-state index in [-0.39, 0.29) is 25.0 Å². The summed E-state index contributed by atoms with van der Waals surface area (Å²) in [5.74, 6) is -0.0519. The van der Waals surface area contributed by atoms with Crippen molar-refractivity contribution in [1.82, 2.24) is 5.32 Å². The summed E-state index contributed by atoms with van der Waals surface area (Å²) in [6.45, 7) is 4.71. The largest absolute Gasteiger partial charge is 0.481 e. The number of carbonyl (C=O) groups is 2. The van der Waals surface area contributed by atoms with Gasteiger partial charge in [0.05, 0.1) is 12.7 Å². The van der Waals surface area contributed by atoms with E-state index in [4.69, 9.17) is 5.11 Å². The summed E-state index contributed by atoms with van der Waals surface area (Å²) in [6, 6.07) is 10.7. The normalized spacial score (nSPS) is 16.1. The summed E-state index contributed by atoms with van der Waals surface area (Å²) < 4.78 is 0. The molecule has 1 aliphatic rings. The van der Waals surface area contributed by atoms with Crippen molar-refractivity contribution in [1.29, 1.82) is 0 Å². The van der Waals surface area contributed by atoms with E-state index in [2.05, 4.69) is 58.7 Å². The molecule has 226 valence electrons. The van der Waals surface area contributed by atoms with Gasteiger partial charge in [0.15, 0.2) is 0 Å². The Labute approximate surface area is 239 Å². The molecule has 0 radical (unpaired) electrons. The summed E-state index contributed by atoms with van der Waals surface area (Å²) in [5.41, 5.74) is 1.43. The molecule has 0 spiro atoms. The van der Waals surface area contributed by atoms with Crippen LogP contribution in [-0.2, 0) is 20.8 Å². The monoisotopic (exact) mass is 562 g/mol. The summed E-state index contributed by atoms with van der Waals surface area (Å²) in [7, 11) is 0. The molecule has 1 amide bonds. The number of carboxylic acid groups (broad SMARTS) is 1. The van der Waals surface area contributed by atoms with Crippen LogP contribution in [0, 0.1) is 16.0 Å². The number of carbonyl (C=O) groups excluding carboxylic acids is 1. The van der Waals surface area contributed by atoms with Gasteiger partial charge in [-0.1, -0.05) is 61.1 Å². The average molecular weight is 563 g/mol. The highest BCUT2D eigenvalue weighted by Gasteiger charge is 2.19. The fraction of sp³-hybridized carbons (Fsp3) is 0.613. The second kappa shape index (κ2) is 26.0. The molecule has 2 atom stereocenters. The molecule has 2 unspecified atom stereocenters. The molecule has 0 aliphatic heterocycles. The van der Waals surface area contributed by atoms with E-state index in [0.29, 0.717) is 31.6 Å². The maximum Gasteiger partial charge on any atom is 0.303 e. The Bertz CT molecular complexity index is 825. The lowest BCUT2D eigenvalue weighted by Gasteiger charge is -2.02. The number of nitrogens with zero attached hydrogens (tertiary/aromatic N) is 1. The van der Waals surface area contributed by atoms with Crippen molar-refractivity contribution in [3.8, 4) is 0 Å². The van der Waals surface area contributed by atoms with Gasteiger partial charge in [0, 0.05) is 19.4 Å². The zero-order valence-electron chi connectivity index (χ0n) is 24.3. The number of carboxylic acids is 1. The molecule has 1 fully saturated rings. The number of amides is 1. The molecule has 0 aromatic heterocycles. The van der Waals surface area contributed by atoms with E-state index in [1.807, 2.05) is 19.9 Å². The number of hydrogen-bond acceptors (Lipinski definition) is 6. The van der Waals surface area contributed by atoms with Gasteiger partial charge in [-0.25, -0.2) is 0 Å². The highest BCUT2D eigenvalue weighted by Crippen LogP contribution is 2.26. The van der Waals surface area contributed by atoms with Crippen molar-refractivity contribution in [3.63, 3.8) is 0 Å². The lowest BCUT2D eigenvalue weighted by Crippen LogP contribution is -2.21. The van der Waals surface area contributed by atoms with E-state index in [1.165, 1.54) is 18.4 Å². The zero-order valence-corrected chi connectivity index (χ0v) is 24.3. The van der Waals surface area contributed by atoms with Gasteiger partial charge in [-0.15, -0.1) is 10.1 Å². The van der Waals surface area contributed by atoms with Crippen molar-refractivity contribution in [2.45, 2.75) is 103 Å². The van der Waals surface area contributed by atoms with E-state index in [0.717, 1.165) is 45.1 Å². The third-order valence-electron chi connectivity index (χ3n) is 6.15. The molecule has 1 aliphatic carbocycles. The van der Waals surface area contributed by atoms with Gasteiger partial charge in [-0.2, -0.15) is 0 Å². The van der Waals surface area contributed by atoms with Gasteiger partial charge in [0.1, 0.15) is 0 Å². The first-order chi connectivity index (χ1) is 19.3. The molecule has 0 heterocycles. The van der Waals surface area contributed by atoms with E-state index >= 15 is 0 Å². The van der Waals surface area contributed by atoms with Crippen molar-refractivity contribution < 1.29 is 29.7 Å². The minimum absolute atomic E-state index is 0.0473. The Kier molecular flexibility index (Phi) is 24.0. The van der Waals surface area contributed by atoms with Crippen molar-refractivity contribution in [3.05, 3.63) is 70.3 Å². The van der Waals surface area contributed by atoms with Crippen LogP contribution in [-0.4, -0.2) is 46.4 Å². The first-order valence-electron chi connectivity index (χ1n) is 14.5. The van der Waals surface area contributed by atoms with Gasteiger partial charge in [-0.05, 0) is 89.5 Å². The molecular weight excluding hydrogens is 512 g/mol. The number of aliphatic hydroxyl groups is 1. The van der Waals surface area contributed by atoms with Crippen LogP contribution in [0.15, 0.2) is 54.6 Å². The van der Waals surface area contributed by atoms with Crippen LogP contribution in [0.25, 0.3) is 0 Å². The lowest BCUT2D eigenvalue weighted by atomic mass is 10.1. The number of hydrogen-bond donors (Lipinski definition) is 3. The zero-order chi connectivity index (χ0) is 29.8. The van der Waals surface area contributed by atoms with Crippen LogP contribution in [0.2, 0.25) is 0 Å². The predicted octanol–water partition coefficient (Wildman–Crippen LogP) is 6.44. The van der Waals surface area contributed by atoms with Crippen LogP contribution in [0.5, 0.6) is 0 Å². The molecule has 3 N–H and O–H groups in total. The van der Waals surface area contributed by atoms with E-state index in [1.54, 1.807) is 0 Å². The summed E-state index contributed by atoms with van der Waals surface area (Å²) in [6.07, 6.45) is 19.7. The Morgan fingerprint density at radius 1 is 1.05 bits per heavy atom. The van der Waals surface area contributed by atoms with Gasteiger partial charge < -0.3 is 20.4 Å². The topological polar surface area (TPSA) is 139 Å². The maximum atomic E-state index is 10.9. The van der Waals surface area contributed by atoms with Gasteiger partial charge in [-0.3, -0.25) is 9.59 Å². The molecule has 1 aromatic carbocycles. The number of benzene rings is 1. The number of unbranched alkanes of at least 4 members (excludes halogenated alkanes) is 4. The maximum absolute atomic E-state index is 10.9. The summed E-state index contributed by atoms with van der Waals surface area (Å²) in [5, 5.41) is 29.2. The molecule has 1 saturated carbocycles. The Morgan fingerprint density at radius 3 is 2.38 bits per heavy atom.